The van der Waals surface area contributed by atoms with Crippen LogP contribution in [0, 0.1) is 6.92 Å². The van der Waals surface area contributed by atoms with E-state index in [1.54, 1.807) is 0 Å². The quantitative estimate of drug-likeness (QED) is 0.861. The molecule has 0 radical (unpaired) electrons. The number of carboxylic acid groups (broad SMARTS) is 1. The molecule has 2 heterocycles. The standard InChI is InChI=1S/C13H21N3O3/c1-9-11(5-15(4)14-9)10(2)16-7-13(3,8-16)19-6-12(17)18/h5,10H,6-8H2,1-4H3,(H,17,18). The van der Waals surface area contributed by atoms with Gasteiger partial charge in [-0.05, 0) is 20.8 Å². The largest absolute Gasteiger partial charge is 0.480 e. The van der Waals surface area contributed by atoms with E-state index < -0.39 is 5.97 Å². The van der Waals surface area contributed by atoms with Crippen LogP contribution in [0.15, 0.2) is 6.20 Å². The van der Waals surface area contributed by atoms with Gasteiger partial charge in [0.2, 0.25) is 0 Å². The predicted molar refractivity (Wildman–Crippen MR) is 69.9 cm³/mol. The smallest absolute Gasteiger partial charge is 0.329 e. The average molecular weight is 267 g/mol. The van der Waals surface area contributed by atoms with Gasteiger partial charge in [0.25, 0.3) is 0 Å². The summed E-state index contributed by atoms with van der Waals surface area (Å²) < 4.78 is 7.24. The molecule has 1 aliphatic heterocycles. The first-order valence-corrected chi connectivity index (χ1v) is 6.41. The lowest BCUT2D eigenvalue weighted by Gasteiger charge is -2.50. The number of hydrogen-bond acceptors (Lipinski definition) is 4. The third-order valence-electron chi connectivity index (χ3n) is 3.67. The SMILES string of the molecule is Cc1nn(C)cc1C(C)N1CC(C)(OCC(=O)O)C1. The molecule has 1 aromatic rings. The van der Waals surface area contributed by atoms with Gasteiger partial charge in [-0.25, -0.2) is 4.79 Å². The molecule has 1 saturated heterocycles. The van der Waals surface area contributed by atoms with Crippen LogP contribution in [0.4, 0.5) is 0 Å². The Balaban J connectivity index is 1.92. The number of aliphatic carboxylic acids is 1. The summed E-state index contributed by atoms with van der Waals surface area (Å²) >= 11 is 0. The summed E-state index contributed by atoms with van der Waals surface area (Å²) in [6, 6.07) is 0.273. The second kappa shape index (κ2) is 4.94. The summed E-state index contributed by atoms with van der Waals surface area (Å²) in [4.78, 5) is 12.8. The van der Waals surface area contributed by atoms with Crippen molar-refractivity contribution in [3.63, 3.8) is 0 Å². The summed E-state index contributed by atoms with van der Waals surface area (Å²) in [6.45, 7) is 7.36. The predicted octanol–water partition coefficient (Wildman–Crippen LogP) is 0.965. The number of nitrogens with zero attached hydrogens (tertiary/aromatic N) is 3. The van der Waals surface area contributed by atoms with Crippen molar-refractivity contribution in [3.05, 3.63) is 17.5 Å². The van der Waals surface area contributed by atoms with Gasteiger partial charge in [-0.3, -0.25) is 9.58 Å². The summed E-state index contributed by atoms with van der Waals surface area (Å²) in [5, 5.41) is 13.0. The Morgan fingerprint density at radius 2 is 2.26 bits per heavy atom. The number of aromatic nitrogens is 2. The van der Waals surface area contributed by atoms with E-state index >= 15 is 0 Å². The van der Waals surface area contributed by atoms with E-state index in [1.165, 1.54) is 5.56 Å². The molecular formula is C13H21N3O3. The molecule has 2 rings (SSSR count). The van der Waals surface area contributed by atoms with E-state index in [0.717, 1.165) is 18.8 Å². The Morgan fingerprint density at radius 1 is 1.63 bits per heavy atom. The van der Waals surface area contributed by atoms with Crippen LogP contribution < -0.4 is 0 Å². The van der Waals surface area contributed by atoms with E-state index in [0.29, 0.717) is 0 Å². The fraction of sp³-hybridized carbons (Fsp3) is 0.692. The highest BCUT2D eigenvalue weighted by molar-refractivity contribution is 5.68. The van der Waals surface area contributed by atoms with Crippen molar-refractivity contribution in [2.45, 2.75) is 32.4 Å². The summed E-state index contributed by atoms with van der Waals surface area (Å²) in [5.74, 6) is -0.921. The van der Waals surface area contributed by atoms with Crippen LogP contribution in [0.2, 0.25) is 0 Å². The van der Waals surface area contributed by atoms with Crippen LogP contribution >= 0.6 is 0 Å². The van der Waals surface area contributed by atoms with Gasteiger partial charge in [-0.15, -0.1) is 0 Å². The van der Waals surface area contributed by atoms with Crippen LogP contribution in [0.1, 0.15) is 31.1 Å². The van der Waals surface area contributed by atoms with Crippen molar-refractivity contribution >= 4 is 5.97 Å². The first-order chi connectivity index (χ1) is 8.81. The van der Waals surface area contributed by atoms with Gasteiger partial charge in [0, 0.05) is 37.9 Å². The molecule has 19 heavy (non-hydrogen) atoms. The minimum Gasteiger partial charge on any atom is -0.480 e. The zero-order valence-corrected chi connectivity index (χ0v) is 11.9. The van der Waals surface area contributed by atoms with Gasteiger partial charge in [0.15, 0.2) is 0 Å². The summed E-state index contributed by atoms with van der Waals surface area (Å²) in [5.41, 5.74) is 1.90. The second-order valence-corrected chi connectivity index (χ2v) is 5.56. The molecule has 1 N–H and O–H groups in total. The fourth-order valence-corrected chi connectivity index (χ4v) is 2.64. The van der Waals surface area contributed by atoms with E-state index in [2.05, 4.69) is 16.9 Å². The Morgan fingerprint density at radius 3 is 2.74 bits per heavy atom. The number of aryl methyl sites for hydroxylation is 2. The molecule has 0 spiro atoms. The molecule has 0 aromatic carbocycles. The molecular weight excluding hydrogens is 246 g/mol. The minimum absolute atomic E-state index is 0.232. The third-order valence-corrected chi connectivity index (χ3v) is 3.67. The van der Waals surface area contributed by atoms with Gasteiger partial charge in [0.1, 0.15) is 6.61 Å². The van der Waals surface area contributed by atoms with Crippen LogP contribution in [0.5, 0.6) is 0 Å². The van der Waals surface area contributed by atoms with Crippen molar-refractivity contribution in [1.29, 1.82) is 0 Å². The fourth-order valence-electron chi connectivity index (χ4n) is 2.64. The van der Waals surface area contributed by atoms with Crippen LogP contribution in [0.3, 0.4) is 0 Å². The number of likely N-dealkylation sites (tertiary alicyclic amines) is 1. The molecule has 6 nitrogen and oxygen atoms in total. The Labute approximate surface area is 113 Å². The molecule has 0 saturated carbocycles. The van der Waals surface area contributed by atoms with Gasteiger partial charge >= 0.3 is 5.97 Å². The van der Waals surface area contributed by atoms with Crippen LogP contribution in [-0.4, -0.2) is 51.1 Å². The monoisotopic (exact) mass is 267 g/mol. The highest BCUT2D eigenvalue weighted by Gasteiger charge is 2.42. The maximum absolute atomic E-state index is 10.5. The van der Waals surface area contributed by atoms with Crippen LogP contribution in [0.25, 0.3) is 0 Å². The van der Waals surface area contributed by atoms with Crippen molar-refractivity contribution < 1.29 is 14.6 Å². The number of rotatable bonds is 5. The molecule has 1 aromatic heterocycles. The van der Waals surface area contributed by atoms with Crippen molar-refractivity contribution in [2.75, 3.05) is 19.7 Å². The van der Waals surface area contributed by atoms with Gasteiger partial charge in [-0.1, -0.05) is 0 Å². The molecule has 1 fully saturated rings. The Kier molecular flexibility index (Phi) is 3.64. The maximum atomic E-state index is 10.5. The molecule has 1 unspecified atom stereocenters. The van der Waals surface area contributed by atoms with Crippen molar-refractivity contribution in [3.8, 4) is 0 Å². The van der Waals surface area contributed by atoms with Gasteiger partial charge < -0.3 is 9.84 Å². The Bertz CT molecular complexity index is 477. The average Bonchev–Trinajstić information content (AvgIpc) is 2.61. The number of ether oxygens (including phenoxy) is 1. The second-order valence-electron chi connectivity index (χ2n) is 5.56. The topological polar surface area (TPSA) is 67.6 Å². The lowest BCUT2D eigenvalue weighted by atomic mass is 9.92. The van der Waals surface area contributed by atoms with Crippen LogP contribution in [-0.2, 0) is 16.6 Å². The van der Waals surface area contributed by atoms with Gasteiger partial charge in [0.05, 0.1) is 11.3 Å². The molecule has 0 aliphatic carbocycles. The van der Waals surface area contributed by atoms with Gasteiger partial charge in [-0.2, -0.15) is 5.10 Å². The molecule has 0 bridgehead atoms. The molecule has 0 amide bonds. The minimum atomic E-state index is -0.921. The van der Waals surface area contributed by atoms with E-state index in [1.807, 2.05) is 31.8 Å². The highest BCUT2D eigenvalue weighted by Crippen LogP contribution is 2.33. The summed E-state index contributed by atoms with van der Waals surface area (Å²) in [7, 11) is 1.92. The first kappa shape index (κ1) is 14.0. The molecule has 1 atom stereocenters. The number of carbonyl (C=O) groups is 1. The molecule has 1 aliphatic rings. The summed E-state index contributed by atoms with van der Waals surface area (Å²) in [6.07, 6.45) is 2.04. The molecule has 106 valence electrons. The zero-order valence-electron chi connectivity index (χ0n) is 11.9. The number of hydrogen-bond donors (Lipinski definition) is 1. The lowest BCUT2D eigenvalue weighted by Crippen LogP contribution is -2.62. The normalized spacial score (nSPS) is 20.0. The Hall–Kier alpha value is -1.40. The van der Waals surface area contributed by atoms with E-state index in [-0.39, 0.29) is 18.2 Å². The third kappa shape index (κ3) is 2.96. The zero-order chi connectivity index (χ0) is 14.2. The highest BCUT2D eigenvalue weighted by atomic mass is 16.5. The van der Waals surface area contributed by atoms with Crippen molar-refractivity contribution in [2.24, 2.45) is 7.05 Å². The number of carboxylic acids is 1. The van der Waals surface area contributed by atoms with E-state index in [9.17, 15) is 4.79 Å². The maximum Gasteiger partial charge on any atom is 0.329 e. The first-order valence-electron chi connectivity index (χ1n) is 6.41. The lowest BCUT2D eigenvalue weighted by molar-refractivity contribution is -0.169. The van der Waals surface area contributed by atoms with Crippen molar-refractivity contribution in [1.82, 2.24) is 14.7 Å². The molecule has 6 heteroatoms. The van der Waals surface area contributed by atoms with E-state index in [4.69, 9.17) is 9.84 Å².